The van der Waals surface area contributed by atoms with Crippen LogP contribution in [0.5, 0.6) is 0 Å². The number of likely N-dealkylation sites (N-methyl/N-ethyl adjacent to an activating group) is 1. The second-order valence-corrected chi connectivity index (χ2v) is 32.3. The predicted molar refractivity (Wildman–Crippen MR) is 435 cm³/mol. The van der Waals surface area contributed by atoms with Crippen LogP contribution in [0.25, 0.3) is 0 Å². The van der Waals surface area contributed by atoms with Gasteiger partial charge in [-0.25, -0.2) is 12.8 Å². The Hall–Kier alpha value is -6.42. The summed E-state index contributed by atoms with van der Waals surface area (Å²) < 4.78 is 32.4. The van der Waals surface area contributed by atoms with E-state index in [4.69, 9.17) is 16.9 Å². The number of ketones is 12. The third kappa shape index (κ3) is 74.2. The lowest BCUT2D eigenvalue weighted by atomic mass is 9.90. The van der Waals surface area contributed by atoms with E-state index in [0.29, 0.717) is 43.0 Å². The van der Waals surface area contributed by atoms with E-state index in [1.165, 1.54) is 25.3 Å². The van der Waals surface area contributed by atoms with Gasteiger partial charge < -0.3 is 4.90 Å². The summed E-state index contributed by atoms with van der Waals surface area (Å²) in [6.07, 6.45) is 27.7. The maximum absolute atomic E-state index is 11.4. The number of allylic oxidation sites excluding steroid dienone is 13. The zero-order chi connectivity index (χ0) is 84.0. The van der Waals surface area contributed by atoms with E-state index in [9.17, 15) is 70.3 Å². The average molecular weight is 1520 g/mol. The van der Waals surface area contributed by atoms with Gasteiger partial charge in [-0.1, -0.05) is 187 Å². The minimum Gasteiger partial charge on any atom is -0.306 e. The summed E-state index contributed by atoms with van der Waals surface area (Å²) in [6.45, 7) is 53.2. The lowest BCUT2D eigenvalue weighted by molar-refractivity contribution is -0.124. The van der Waals surface area contributed by atoms with E-state index in [0.717, 1.165) is 78.3 Å². The molecule has 0 aliphatic heterocycles. The van der Waals surface area contributed by atoms with E-state index >= 15 is 0 Å². The molecule has 0 N–H and O–H groups in total. The highest BCUT2D eigenvalue weighted by Crippen LogP contribution is 2.23. The van der Waals surface area contributed by atoms with Gasteiger partial charge in [0.1, 0.15) is 29.8 Å². The predicted octanol–water partition coefficient (Wildman–Crippen LogP) is 19.8. The van der Waals surface area contributed by atoms with E-state index in [1.54, 1.807) is 78.8 Å². The molecule has 16 nitrogen and oxygen atoms in total. The lowest BCUT2D eigenvalue weighted by Crippen LogP contribution is -2.13. The number of halogens is 2. The molecule has 0 saturated heterocycles. The van der Waals surface area contributed by atoms with Crippen LogP contribution in [0.15, 0.2) is 94.5 Å². The summed E-state index contributed by atoms with van der Waals surface area (Å²) in [7, 11) is 0.981. The fraction of sp³-hybridized carbons (Fsp3) is 0.663. The van der Waals surface area contributed by atoms with Crippen LogP contribution in [0, 0.1) is 70.5 Å². The van der Waals surface area contributed by atoms with Gasteiger partial charge in [0.25, 0.3) is 0 Å². The van der Waals surface area contributed by atoms with Crippen LogP contribution in [-0.4, -0.2) is 121 Å². The Bertz CT molecular complexity index is 2960. The van der Waals surface area contributed by atoms with Crippen LogP contribution in [0.1, 0.15) is 277 Å². The molecule has 3 rings (SSSR count). The molecule has 0 unspecified atom stereocenters. The first-order valence-electron chi connectivity index (χ1n) is 37.3. The summed E-state index contributed by atoms with van der Waals surface area (Å²) >= 11 is 5.20. The third-order valence-electron chi connectivity index (χ3n) is 14.6. The van der Waals surface area contributed by atoms with E-state index in [1.807, 2.05) is 170 Å². The average Bonchev–Trinajstić information content (AvgIpc) is 1.12. The first-order chi connectivity index (χ1) is 48.3. The summed E-state index contributed by atoms with van der Waals surface area (Å²) in [6, 6.07) is 1.80. The van der Waals surface area contributed by atoms with Gasteiger partial charge in [0, 0.05) is 96.8 Å². The van der Waals surface area contributed by atoms with Crippen molar-refractivity contribution in [1.29, 1.82) is 5.26 Å². The van der Waals surface area contributed by atoms with Crippen LogP contribution in [-0.2, 0) is 67.4 Å². The van der Waals surface area contributed by atoms with Crippen molar-refractivity contribution in [3.8, 4) is 6.07 Å². The summed E-state index contributed by atoms with van der Waals surface area (Å²) in [4.78, 5) is 133. The van der Waals surface area contributed by atoms with Crippen molar-refractivity contribution in [2.24, 2.45) is 59.2 Å². The number of rotatable bonds is 30. The Kier molecular flexibility index (Phi) is 75.5. The fourth-order valence-electron chi connectivity index (χ4n) is 7.12. The van der Waals surface area contributed by atoms with Gasteiger partial charge in [0.2, 0.25) is 0 Å². The molecule has 3 aliphatic carbocycles. The zero-order valence-electron chi connectivity index (χ0n) is 70.6. The maximum Gasteiger partial charge on any atom is 0.173 e. The van der Waals surface area contributed by atoms with Crippen LogP contribution >= 0.6 is 11.6 Å². The van der Waals surface area contributed by atoms with Crippen LogP contribution < -0.4 is 0 Å². The highest BCUT2D eigenvalue weighted by atomic mass is 35.5. The Morgan fingerprint density at radius 2 is 0.857 bits per heavy atom. The van der Waals surface area contributed by atoms with Crippen molar-refractivity contribution in [2.75, 3.05) is 33.2 Å². The molecule has 0 fully saturated rings. The highest BCUT2D eigenvalue weighted by Gasteiger charge is 2.19. The van der Waals surface area contributed by atoms with Gasteiger partial charge in [0.05, 0.1) is 23.6 Å². The van der Waals surface area contributed by atoms with Crippen LogP contribution in [0.3, 0.4) is 0 Å². The first kappa shape index (κ1) is 114. The second-order valence-electron chi connectivity index (χ2n) is 29.6. The fourth-order valence-corrected chi connectivity index (χ4v) is 7.81. The Labute approximate surface area is 642 Å². The Balaban J connectivity index is -0.000000165. The molecular formula is C86H144ClFN2O14S. The quantitative estimate of drug-likeness (QED) is 0.0478. The molecule has 0 aromatic heterocycles. The van der Waals surface area contributed by atoms with Crippen molar-refractivity contribution in [3.63, 3.8) is 0 Å². The minimum absolute atomic E-state index is 0.00894. The smallest absolute Gasteiger partial charge is 0.173 e. The molecule has 3 aliphatic rings. The van der Waals surface area contributed by atoms with Crippen molar-refractivity contribution in [1.82, 2.24) is 4.90 Å². The molecular weight excluding hydrogens is 1370 g/mol. The molecule has 0 bridgehead atoms. The van der Waals surface area contributed by atoms with Gasteiger partial charge in [-0.3, -0.25) is 57.5 Å². The van der Waals surface area contributed by atoms with Crippen molar-refractivity contribution < 1.29 is 70.3 Å². The SMILES string of the molecule is C/C=C/C(=O)CCC(=O)C(C)C.C=CS(=O)(=O)C(C)C.CC(C)=CC(=O)C(C)C.CC(C)=CC(=O)CCC(=O)C(C)C.CC(C)C(=O)/C=C/CN(C)C.CC(C)C(=O)C1=CCC1.CC(C)C(=O)C1=CCCC1.CC(C)C(=O)C1=CCCCC1.CC(C)C(=O)CC#N.CC(C)C(=O)CCl.CC(C)C(=O)CF. The number of sulfone groups is 1. The maximum atomic E-state index is 11.4. The monoisotopic (exact) mass is 1520 g/mol. The molecule has 602 valence electrons. The first-order valence-corrected chi connectivity index (χ1v) is 39.5. The molecule has 0 radical (unpaired) electrons. The highest BCUT2D eigenvalue weighted by molar-refractivity contribution is 7.94. The molecule has 0 spiro atoms. The van der Waals surface area contributed by atoms with Gasteiger partial charge in [0.15, 0.2) is 56.1 Å². The number of hydrogen-bond donors (Lipinski definition) is 0. The van der Waals surface area contributed by atoms with E-state index in [-0.39, 0.29) is 129 Å². The molecule has 0 amide bonds. The number of alkyl halides is 2. The molecule has 0 heterocycles. The summed E-state index contributed by atoms with van der Waals surface area (Å²) in [5, 5.41) is 8.67. The van der Waals surface area contributed by atoms with E-state index in [2.05, 4.69) is 18.7 Å². The normalized spacial score (nSPS) is 12.5. The summed E-state index contributed by atoms with van der Waals surface area (Å²) in [5.74, 6) is 2.68. The van der Waals surface area contributed by atoms with Crippen molar-refractivity contribution in [3.05, 3.63) is 94.5 Å². The number of carbonyl (C=O) groups excluding carboxylic acids is 12. The molecule has 0 aromatic rings. The number of Topliss-reactive ketones (excluding diaryl/α,β-unsaturated/α-hetero) is 8. The van der Waals surface area contributed by atoms with E-state index < -0.39 is 16.5 Å². The number of nitriles is 1. The largest absolute Gasteiger partial charge is 0.306 e. The number of carbonyl (C=O) groups is 12. The van der Waals surface area contributed by atoms with Crippen LogP contribution in [0.4, 0.5) is 4.39 Å². The molecule has 0 saturated carbocycles. The molecule has 0 aromatic carbocycles. The Morgan fingerprint density at radius 3 is 1.07 bits per heavy atom. The molecule has 0 atom stereocenters. The second kappa shape index (κ2) is 69.3. The minimum atomic E-state index is -2.97. The standard InChI is InChI=1S/C11H18O2.C10H16O2.C10H16O.C9H17NO.C9H14O.C8H12O.C8H14O.C6H9NO.C5H9ClO.C5H9FO.C5H10O2S/c1-8(2)7-10(12)5-6-11(13)9(3)4;1-4-5-9(11)6-7-10(12)8(2)3;1-8(2)10(11)9-6-4-3-5-7-9;1-8(2)9(11)6-5-7-10(3)4;1-7(2)9(10)8-5-3-4-6-8;1-6(2)8(9)7-4-3-5-7;1-6(2)5-8(9)7(3)4;1-5(2)6(8)3-4-7;2*1-4(2)5(7)3-6;1-4-8(6,7)5(2)3/h7,9H,5-6H2,1-4H3;4-5,8H,6-7H2,1-3H3;6,8H,3-5,7H2,1-2H3;5-6,8H,7H2,1-4H3;5,7H,3-4,6H2,1-2H3;4,6H,3,5H2,1-2H3;5,7H,1-4H3;5H,3H2,1-2H3;2*4H,3H2,1-2H3;4-5H,1H2,2-3H3/b;5-4+;;6-5+;;;;;;;. The molecule has 19 heteroatoms. The number of hydrogen-bond acceptors (Lipinski definition) is 16. The van der Waals surface area contributed by atoms with Crippen molar-refractivity contribution >= 4 is 90.8 Å². The topological polar surface area (TPSA) is 266 Å². The van der Waals surface area contributed by atoms with Gasteiger partial charge in [-0.05, 0) is 161 Å². The third-order valence-corrected chi connectivity index (χ3v) is 16.7. The zero-order valence-corrected chi connectivity index (χ0v) is 72.2. The van der Waals surface area contributed by atoms with Gasteiger partial charge >= 0.3 is 0 Å². The Morgan fingerprint density at radius 1 is 0.486 bits per heavy atom. The number of nitrogens with zero attached hydrogens (tertiary/aromatic N) is 2. The van der Waals surface area contributed by atoms with Crippen LogP contribution in [0.2, 0.25) is 0 Å². The van der Waals surface area contributed by atoms with Gasteiger partial charge in [-0.15, -0.1) is 11.6 Å². The summed E-state index contributed by atoms with van der Waals surface area (Å²) in [5.41, 5.74) is 5.25. The van der Waals surface area contributed by atoms with Crippen molar-refractivity contribution in [2.45, 2.75) is 282 Å². The van der Waals surface area contributed by atoms with Gasteiger partial charge in [-0.2, -0.15) is 5.26 Å². The lowest BCUT2D eigenvalue weighted by Gasteiger charge is -2.14. The molecule has 105 heavy (non-hydrogen) atoms.